The minimum Gasteiger partial charge on any atom is -0.303 e. The van der Waals surface area contributed by atoms with Crippen molar-refractivity contribution in [2.45, 2.75) is 19.3 Å². The van der Waals surface area contributed by atoms with Crippen molar-refractivity contribution >= 4 is 35.4 Å². The Hall–Kier alpha value is -2.20. The van der Waals surface area contributed by atoms with Crippen LogP contribution in [-0.4, -0.2) is 35.4 Å². The van der Waals surface area contributed by atoms with Crippen molar-refractivity contribution in [3.05, 3.63) is 6.08 Å². The van der Waals surface area contributed by atoms with E-state index < -0.39 is 36.0 Å². The summed E-state index contributed by atoms with van der Waals surface area (Å²) in [7, 11) is 0. The summed E-state index contributed by atoms with van der Waals surface area (Å²) < 4.78 is 0. The van der Waals surface area contributed by atoms with E-state index in [2.05, 4.69) is 0 Å². The van der Waals surface area contributed by atoms with E-state index in [0.717, 1.165) is 6.08 Å². The largest absolute Gasteiger partial charge is 0.303 e. The van der Waals surface area contributed by atoms with Crippen LogP contribution in [-0.2, 0) is 28.8 Å². The first kappa shape index (κ1) is 13.8. The topological polar surface area (TPSA) is 102 Å². The number of hydrogen-bond acceptors (Lipinski definition) is 6. The highest BCUT2D eigenvalue weighted by atomic mass is 16.2. The summed E-state index contributed by atoms with van der Waals surface area (Å²) in [5.41, 5.74) is 0. The summed E-state index contributed by atoms with van der Waals surface area (Å²) in [4.78, 5) is 63.5. The van der Waals surface area contributed by atoms with Crippen LogP contribution in [0.1, 0.15) is 19.3 Å². The van der Waals surface area contributed by atoms with Crippen LogP contribution in [0.4, 0.5) is 0 Å². The highest BCUT2D eigenvalue weighted by Gasteiger charge is 2.27. The Morgan fingerprint density at radius 2 is 1.56 bits per heavy atom. The second-order valence-corrected chi connectivity index (χ2v) is 2.74. The molecular formula is C10H8O6. The van der Waals surface area contributed by atoms with Crippen molar-refractivity contribution < 1.29 is 28.8 Å². The second kappa shape index (κ2) is 7.14. The molecule has 0 atom stereocenters. The van der Waals surface area contributed by atoms with Crippen molar-refractivity contribution in [2.24, 2.45) is 0 Å². The third kappa shape index (κ3) is 4.34. The van der Waals surface area contributed by atoms with Gasteiger partial charge >= 0.3 is 0 Å². The average Bonchev–Trinajstić information content (AvgIpc) is 2.30. The summed E-state index contributed by atoms with van der Waals surface area (Å²) in [6.07, 6.45) is 0.0240. The molecule has 0 spiro atoms. The number of allylic oxidation sites excluding steroid dienone is 1. The molecule has 0 saturated heterocycles. The van der Waals surface area contributed by atoms with E-state index in [4.69, 9.17) is 0 Å². The molecule has 0 unspecified atom stereocenters. The Kier molecular flexibility index (Phi) is 6.16. The third-order valence-electron chi connectivity index (χ3n) is 1.57. The highest BCUT2D eigenvalue weighted by Crippen LogP contribution is 1.94. The van der Waals surface area contributed by atoms with E-state index in [1.807, 2.05) is 0 Å². The smallest absolute Gasteiger partial charge is 0.272 e. The number of ketones is 4. The lowest BCUT2D eigenvalue weighted by atomic mass is 10.0. The molecule has 16 heavy (non-hydrogen) atoms. The molecule has 0 aliphatic heterocycles. The molecule has 6 nitrogen and oxygen atoms in total. The molecule has 0 aromatic carbocycles. The number of Topliss-reactive ketones (excluding diaryl/α,β-unsaturated/α-hetero) is 4. The van der Waals surface area contributed by atoms with Gasteiger partial charge in [0.05, 0.1) is 0 Å². The first-order valence-electron chi connectivity index (χ1n) is 4.32. The molecule has 0 rings (SSSR count). The first-order chi connectivity index (χ1) is 7.54. The van der Waals surface area contributed by atoms with Crippen LogP contribution >= 0.6 is 0 Å². The average molecular weight is 224 g/mol. The van der Waals surface area contributed by atoms with Gasteiger partial charge in [-0.15, -0.1) is 0 Å². The summed E-state index contributed by atoms with van der Waals surface area (Å²) >= 11 is 0. The van der Waals surface area contributed by atoms with E-state index in [9.17, 15) is 28.8 Å². The van der Waals surface area contributed by atoms with Crippen molar-refractivity contribution in [1.82, 2.24) is 0 Å². The van der Waals surface area contributed by atoms with Crippen LogP contribution in [0.15, 0.2) is 6.08 Å². The standard InChI is InChI=1S/C10H8O6/c11-5-1-3-7(13)9(15)10(16)8(14)4-2-6-12/h1,6H,2-4H2. The number of aldehydes is 1. The Labute approximate surface area is 90.3 Å². The van der Waals surface area contributed by atoms with E-state index in [0.29, 0.717) is 6.29 Å². The van der Waals surface area contributed by atoms with Crippen LogP contribution in [0.25, 0.3) is 0 Å². The first-order valence-corrected chi connectivity index (χ1v) is 4.32. The number of carbonyl (C=O) groups is 5. The second-order valence-electron chi connectivity index (χ2n) is 2.74. The van der Waals surface area contributed by atoms with Gasteiger partial charge in [0.2, 0.25) is 11.6 Å². The maximum atomic E-state index is 11.0. The van der Waals surface area contributed by atoms with Gasteiger partial charge in [0.25, 0.3) is 11.6 Å². The van der Waals surface area contributed by atoms with E-state index in [1.165, 1.54) is 5.94 Å². The molecule has 0 bridgehead atoms. The molecule has 0 aliphatic rings. The summed E-state index contributed by atoms with van der Waals surface area (Å²) in [5.74, 6) is -3.89. The zero-order chi connectivity index (χ0) is 12.6. The van der Waals surface area contributed by atoms with Crippen molar-refractivity contribution in [2.75, 3.05) is 0 Å². The molecular weight excluding hydrogens is 216 g/mol. The molecule has 0 saturated carbocycles. The Morgan fingerprint density at radius 3 is 2.06 bits per heavy atom. The number of carbonyl (C=O) groups excluding carboxylic acids is 6. The van der Waals surface area contributed by atoms with Gasteiger partial charge in [0.15, 0.2) is 0 Å². The van der Waals surface area contributed by atoms with E-state index in [1.54, 1.807) is 0 Å². The van der Waals surface area contributed by atoms with Crippen molar-refractivity contribution in [1.29, 1.82) is 0 Å². The van der Waals surface area contributed by atoms with Gasteiger partial charge in [-0.1, -0.05) is 0 Å². The molecule has 0 aliphatic carbocycles. The molecule has 0 radical (unpaired) electrons. The summed E-state index contributed by atoms with van der Waals surface area (Å²) in [5, 5.41) is 0. The van der Waals surface area contributed by atoms with Gasteiger partial charge in [0.1, 0.15) is 12.2 Å². The molecule has 0 N–H and O–H groups in total. The van der Waals surface area contributed by atoms with Gasteiger partial charge in [0, 0.05) is 25.3 Å². The highest BCUT2D eigenvalue weighted by molar-refractivity contribution is 6.78. The minimum absolute atomic E-state index is 0.180. The Morgan fingerprint density at radius 1 is 1.00 bits per heavy atom. The van der Waals surface area contributed by atoms with Crippen LogP contribution in [0, 0.1) is 0 Å². The maximum Gasteiger partial charge on any atom is 0.272 e. The number of rotatable bonds is 8. The Balaban J connectivity index is 4.43. The van der Waals surface area contributed by atoms with Crippen molar-refractivity contribution in [3.63, 3.8) is 0 Å². The zero-order valence-electron chi connectivity index (χ0n) is 8.23. The normalized spacial score (nSPS) is 8.75. The third-order valence-corrected chi connectivity index (χ3v) is 1.57. The fourth-order valence-corrected chi connectivity index (χ4v) is 0.784. The summed E-state index contributed by atoms with van der Waals surface area (Å²) in [6, 6.07) is 0. The van der Waals surface area contributed by atoms with Gasteiger partial charge in [-0.05, 0) is 0 Å². The van der Waals surface area contributed by atoms with Crippen LogP contribution < -0.4 is 0 Å². The molecule has 84 valence electrons. The molecule has 0 fully saturated rings. The van der Waals surface area contributed by atoms with E-state index >= 15 is 0 Å². The lowest BCUT2D eigenvalue weighted by Crippen LogP contribution is -2.30. The molecule has 0 aromatic heterocycles. The Bertz CT molecular complexity index is 386. The van der Waals surface area contributed by atoms with E-state index in [-0.39, 0.29) is 6.42 Å². The van der Waals surface area contributed by atoms with Gasteiger partial charge in [-0.25, -0.2) is 4.79 Å². The molecule has 0 heterocycles. The monoisotopic (exact) mass is 224 g/mol. The molecule has 0 aromatic rings. The minimum atomic E-state index is -1.47. The zero-order valence-corrected chi connectivity index (χ0v) is 8.23. The maximum absolute atomic E-state index is 11.0. The molecule has 6 heteroatoms. The SMILES string of the molecule is O=C=CCC(=O)C(=O)C(=O)C(=O)CCC=O. The molecule has 0 amide bonds. The fraction of sp³-hybridized carbons (Fsp3) is 0.300. The van der Waals surface area contributed by atoms with Gasteiger partial charge < -0.3 is 4.79 Å². The summed E-state index contributed by atoms with van der Waals surface area (Å²) in [6.45, 7) is 0. The van der Waals surface area contributed by atoms with Gasteiger partial charge in [-0.2, -0.15) is 0 Å². The lowest BCUT2D eigenvalue weighted by Gasteiger charge is -1.94. The predicted molar refractivity (Wildman–Crippen MR) is 50.2 cm³/mol. The predicted octanol–water partition coefficient (Wildman–Crippen LogP) is -0.980. The van der Waals surface area contributed by atoms with Gasteiger partial charge in [-0.3, -0.25) is 19.2 Å². The quantitative estimate of drug-likeness (QED) is 0.227. The number of hydrogen-bond donors (Lipinski definition) is 0. The van der Waals surface area contributed by atoms with Crippen molar-refractivity contribution in [3.8, 4) is 0 Å². The van der Waals surface area contributed by atoms with Crippen LogP contribution in [0.5, 0.6) is 0 Å². The van der Waals surface area contributed by atoms with Crippen LogP contribution in [0.3, 0.4) is 0 Å². The fourth-order valence-electron chi connectivity index (χ4n) is 0.784. The van der Waals surface area contributed by atoms with Crippen LogP contribution in [0.2, 0.25) is 0 Å². The lowest BCUT2D eigenvalue weighted by molar-refractivity contribution is -0.148.